The molecule has 1 aromatic heterocycles. The highest BCUT2D eigenvalue weighted by Crippen LogP contribution is 2.45. The average molecular weight is 622 g/mol. The van der Waals surface area contributed by atoms with Gasteiger partial charge in [-0.25, -0.2) is 0 Å². The number of carbonyl (C=O) groups excluding carboxylic acids is 2. The Kier molecular flexibility index (Phi) is 7.33. The molecule has 0 unspecified atom stereocenters. The Balaban J connectivity index is 1.02. The van der Waals surface area contributed by atoms with E-state index in [1.807, 2.05) is 66.4 Å². The number of aromatic amines is 1. The fourth-order valence-corrected chi connectivity index (χ4v) is 7.53. The van der Waals surface area contributed by atoms with Gasteiger partial charge in [0, 0.05) is 55.2 Å². The molecule has 2 amide bonds. The number of piperazine rings is 1. The molecule has 238 valence electrons. The normalized spacial score (nSPS) is 22.5. The van der Waals surface area contributed by atoms with Crippen molar-refractivity contribution in [1.29, 1.82) is 0 Å². The summed E-state index contributed by atoms with van der Waals surface area (Å²) < 4.78 is 17.1. The predicted molar refractivity (Wildman–Crippen MR) is 173 cm³/mol. The standard InChI is InChI=1S/C36H39N5O5/c1-38(2)15-16-44-26-10-7-23(8-11-26)19-39-14-13-25(20-39)40-21-33(42)41-30(36(40)43)18-28-27-5-3-4-6-29(27)37-34(28)35(41)24-9-12-31-32(17-24)46-22-45-31/h3-12,17,25,30,35,37H,13-16,18-22H2,1-2H3/t25-,30-,35-/m1/s1. The zero-order valence-corrected chi connectivity index (χ0v) is 26.3. The molecule has 4 aliphatic rings. The topological polar surface area (TPSA) is 90.6 Å². The average Bonchev–Trinajstić information content (AvgIpc) is 3.81. The largest absolute Gasteiger partial charge is 0.492 e. The van der Waals surface area contributed by atoms with Gasteiger partial charge in [-0.1, -0.05) is 36.4 Å². The highest BCUT2D eigenvalue weighted by atomic mass is 16.7. The number of H-pyrrole nitrogens is 1. The third kappa shape index (κ3) is 5.15. The SMILES string of the molecule is CN(C)CCOc1ccc(CN2CC[C@@H](N3CC(=O)N4[C@H](c5ccc6c(c5)OCO6)c5[nH]c6ccccc6c5C[C@@H]4C3=O)C2)cc1. The van der Waals surface area contributed by atoms with E-state index in [-0.39, 0.29) is 31.2 Å². The lowest BCUT2D eigenvalue weighted by atomic mass is 9.85. The molecule has 2 saturated heterocycles. The summed E-state index contributed by atoms with van der Waals surface area (Å²) in [7, 11) is 4.07. The zero-order chi connectivity index (χ0) is 31.4. The molecule has 8 rings (SSSR count). The van der Waals surface area contributed by atoms with Crippen LogP contribution in [0.25, 0.3) is 10.9 Å². The van der Waals surface area contributed by atoms with E-state index < -0.39 is 12.1 Å². The highest BCUT2D eigenvalue weighted by Gasteiger charge is 2.50. The second-order valence-electron chi connectivity index (χ2n) is 13.0. The van der Waals surface area contributed by atoms with Crippen LogP contribution in [0.4, 0.5) is 0 Å². The molecule has 3 aromatic carbocycles. The van der Waals surface area contributed by atoms with Crippen LogP contribution >= 0.6 is 0 Å². The fourth-order valence-electron chi connectivity index (χ4n) is 7.53. The van der Waals surface area contributed by atoms with E-state index >= 15 is 0 Å². The highest BCUT2D eigenvalue weighted by molar-refractivity contribution is 5.98. The Bertz CT molecular complexity index is 1790. The maximum absolute atomic E-state index is 14.4. The third-order valence-corrected chi connectivity index (χ3v) is 9.83. The number of para-hydroxylation sites is 1. The van der Waals surface area contributed by atoms with Crippen molar-refractivity contribution in [2.45, 2.75) is 37.5 Å². The minimum absolute atomic E-state index is 0.000555. The molecule has 2 fully saturated rings. The van der Waals surface area contributed by atoms with Gasteiger partial charge in [-0.3, -0.25) is 14.5 Å². The first-order chi connectivity index (χ1) is 22.4. The van der Waals surface area contributed by atoms with Crippen LogP contribution in [-0.4, -0.2) is 102 Å². The summed E-state index contributed by atoms with van der Waals surface area (Å²) in [5, 5.41) is 1.10. The fraction of sp³-hybridized carbons (Fsp3) is 0.389. The van der Waals surface area contributed by atoms with Crippen LogP contribution < -0.4 is 14.2 Å². The summed E-state index contributed by atoms with van der Waals surface area (Å²) in [5.74, 6) is 2.23. The molecule has 4 aliphatic heterocycles. The summed E-state index contributed by atoms with van der Waals surface area (Å²) in [6.45, 7) is 4.21. The first kappa shape index (κ1) is 28.9. The number of carbonyl (C=O) groups is 2. The predicted octanol–water partition coefficient (Wildman–Crippen LogP) is 3.80. The number of hydrogen-bond acceptors (Lipinski definition) is 7. The first-order valence-electron chi connectivity index (χ1n) is 16.1. The quantitative estimate of drug-likeness (QED) is 0.320. The number of ether oxygens (including phenoxy) is 3. The van der Waals surface area contributed by atoms with Gasteiger partial charge in [-0.05, 0) is 67.5 Å². The smallest absolute Gasteiger partial charge is 0.246 e. The van der Waals surface area contributed by atoms with Crippen LogP contribution in [0.1, 0.15) is 34.8 Å². The Hall–Kier alpha value is -4.54. The maximum Gasteiger partial charge on any atom is 0.246 e. The minimum atomic E-state index is -0.572. The van der Waals surface area contributed by atoms with Crippen molar-refractivity contribution in [2.24, 2.45) is 0 Å². The number of aromatic nitrogens is 1. The number of likely N-dealkylation sites (tertiary alicyclic amines) is 1. The van der Waals surface area contributed by atoms with E-state index in [1.165, 1.54) is 5.56 Å². The van der Waals surface area contributed by atoms with Gasteiger partial charge in [0.2, 0.25) is 18.6 Å². The molecule has 4 aromatic rings. The molecular formula is C36H39N5O5. The second-order valence-corrected chi connectivity index (χ2v) is 13.0. The Morgan fingerprint density at radius 2 is 1.83 bits per heavy atom. The number of likely N-dealkylation sites (N-methyl/N-ethyl adjacent to an activating group) is 1. The van der Waals surface area contributed by atoms with Crippen LogP contribution in [-0.2, 0) is 22.6 Å². The third-order valence-electron chi connectivity index (χ3n) is 9.83. The van der Waals surface area contributed by atoms with Crippen molar-refractivity contribution in [2.75, 3.05) is 53.7 Å². The number of nitrogens with zero attached hydrogens (tertiary/aromatic N) is 4. The van der Waals surface area contributed by atoms with Crippen molar-refractivity contribution >= 4 is 22.7 Å². The van der Waals surface area contributed by atoms with Crippen LogP contribution in [0.5, 0.6) is 17.2 Å². The lowest BCUT2D eigenvalue weighted by Gasteiger charge is -2.48. The number of hydrogen-bond donors (Lipinski definition) is 1. The number of nitrogens with one attached hydrogen (secondary N) is 1. The van der Waals surface area contributed by atoms with Gasteiger partial charge in [0.15, 0.2) is 11.5 Å². The first-order valence-corrected chi connectivity index (χ1v) is 16.1. The Labute approximate surface area is 268 Å². The summed E-state index contributed by atoms with van der Waals surface area (Å²) in [4.78, 5) is 40.3. The van der Waals surface area contributed by atoms with E-state index in [4.69, 9.17) is 14.2 Å². The van der Waals surface area contributed by atoms with Gasteiger partial charge in [0.25, 0.3) is 0 Å². The molecule has 5 heterocycles. The monoisotopic (exact) mass is 621 g/mol. The Morgan fingerprint density at radius 3 is 2.67 bits per heavy atom. The maximum atomic E-state index is 14.4. The van der Waals surface area contributed by atoms with E-state index in [2.05, 4.69) is 39.0 Å². The molecule has 46 heavy (non-hydrogen) atoms. The second kappa shape index (κ2) is 11.7. The number of benzene rings is 3. The van der Waals surface area contributed by atoms with Crippen molar-refractivity contribution in [3.63, 3.8) is 0 Å². The van der Waals surface area contributed by atoms with Gasteiger partial charge in [0.1, 0.15) is 24.9 Å². The molecule has 1 N–H and O–H groups in total. The van der Waals surface area contributed by atoms with E-state index in [1.54, 1.807) is 0 Å². The van der Waals surface area contributed by atoms with Gasteiger partial charge in [-0.15, -0.1) is 0 Å². The summed E-state index contributed by atoms with van der Waals surface area (Å²) in [6.07, 6.45) is 1.34. The van der Waals surface area contributed by atoms with Gasteiger partial charge in [0.05, 0.1) is 6.04 Å². The van der Waals surface area contributed by atoms with E-state index in [0.717, 1.165) is 66.1 Å². The minimum Gasteiger partial charge on any atom is -0.492 e. The van der Waals surface area contributed by atoms with Crippen LogP contribution in [0, 0.1) is 0 Å². The molecule has 0 bridgehead atoms. The molecule has 10 nitrogen and oxygen atoms in total. The summed E-state index contributed by atoms with van der Waals surface area (Å²) in [5.41, 5.74) is 5.18. The molecule has 0 spiro atoms. The molecular weight excluding hydrogens is 582 g/mol. The number of rotatable bonds is 8. The molecule has 0 radical (unpaired) electrons. The molecule has 3 atom stereocenters. The van der Waals surface area contributed by atoms with Crippen LogP contribution in [0.15, 0.2) is 66.7 Å². The van der Waals surface area contributed by atoms with Crippen LogP contribution in [0.2, 0.25) is 0 Å². The van der Waals surface area contributed by atoms with Crippen molar-refractivity contribution in [1.82, 2.24) is 24.6 Å². The van der Waals surface area contributed by atoms with Crippen molar-refractivity contribution < 1.29 is 23.8 Å². The zero-order valence-electron chi connectivity index (χ0n) is 26.3. The van der Waals surface area contributed by atoms with E-state index in [9.17, 15) is 9.59 Å². The van der Waals surface area contributed by atoms with Crippen LogP contribution in [0.3, 0.4) is 0 Å². The van der Waals surface area contributed by atoms with Gasteiger partial charge < -0.3 is 33.9 Å². The lowest BCUT2D eigenvalue weighted by Crippen LogP contribution is -2.65. The summed E-state index contributed by atoms with van der Waals surface area (Å²) in [6, 6.07) is 21.3. The van der Waals surface area contributed by atoms with Crippen molar-refractivity contribution in [3.05, 3.63) is 89.1 Å². The summed E-state index contributed by atoms with van der Waals surface area (Å²) >= 11 is 0. The lowest BCUT2D eigenvalue weighted by molar-refractivity contribution is -0.160. The number of amides is 2. The van der Waals surface area contributed by atoms with Gasteiger partial charge >= 0.3 is 0 Å². The molecule has 10 heteroatoms. The van der Waals surface area contributed by atoms with Gasteiger partial charge in [-0.2, -0.15) is 0 Å². The molecule has 0 saturated carbocycles. The van der Waals surface area contributed by atoms with E-state index in [0.29, 0.717) is 24.5 Å². The Morgan fingerprint density at radius 1 is 1.00 bits per heavy atom. The molecule has 0 aliphatic carbocycles. The number of fused-ring (bicyclic) bond motifs is 5. The van der Waals surface area contributed by atoms with Crippen molar-refractivity contribution in [3.8, 4) is 17.2 Å².